The lowest BCUT2D eigenvalue weighted by Gasteiger charge is -2.04. The van der Waals surface area contributed by atoms with Crippen LogP contribution in [-0.4, -0.2) is 14.8 Å². The van der Waals surface area contributed by atoms with Crippen LogP contribution in [-0.2, 0) is 19.6 Å². The first-order valence-electron chi connectivity index (χ1n) is 7.29. The second kappa shape index (κ2) is 6.01. The van der Waals surface area contributed by atoms with E-state index in [-0.39, 0.29) is 12.2 Å². The van der Waals surface area contributed by atoms with Crippen molar-refractivity contribution in [2.75, 3.05) is 0 Å². The first-order valence-corrected chi connectivity index (χ1v) is 7.29. The molecule has 3 rings (SSSR count). The lowest BCUT2D eigenvalue weighted by Crippen LogP contribution is -2.02. The van der Waals surface area contributed by atoms with Crippen LogP contribution in [0.2, 0.25) is 0 Å². The highest BCUT2D eigenvalue weighted by Gasteiger charge is 2.08. The smallest absolute Gasteiger partial charge is 0.336 e. The number of benzene rings is 1. The van der Waals surface area contributed by atoms with E-state index < -0.39 is 0 Å². The van der Waals surface area contributed by atoms with Gasteiger partial charge < -0.3 is 9.15 Å². The fourth-order valence-electron chi connectivity index (χ4n) is 2.28. The largest absolute Gasteiger partial charge is 0.485 e. The summed E-state index contributed by atoms with van der Waals surface area (Å²) in [4.78, 5) is 15.7. The van der Waals surface area contributed by atoms with Gasteiger partial charge >= 0.3 is 5.63 Å². The highest BCUT2D eigenvalue weighted by molar-refractivity contribution is 5.77. The Labute approximate surface area is 127 Å². The van der Waals surface area contributed by atoms with Gasteiger partial charge in [-0.15, -0.1) is 0 Å². The number of rotatable bonds is 5. The molecule has 114 valence electrons. The predicted octanol–water partition coefficient (Wildman–Crippen LogP) is 2.55. The molecule has 0 fully saturated rings. The molecule has 2 aromatic heterocycles. The van der Waals surface area contributed by atoms with Crippen LogP contribution >= 0.6 is 0 Å². The Morgan fingerprint density at radius 3 is 2.77 bits per heavy atom. The van der Waals surface area contributed by atoms with Crippen molar-refractivity contribution in [3.63, 3.8) is 0 Å². The Hall–Kier alpha value is -2.63. The Morgan fingerprint density at radius 1 is 1.23 bits per heavy atom. The van der Waals surface area contributed by atoms with Gasteiger partial charge in [-0.25, -0.2) is 14.5 Å². The summed E-state index contributed by atoms with van der Waals surface area (Å²) in [6, 6.07) is 8.51. The van der Waals surface area contributed by atoms with Gasteiger partial charge in [-0.05, 0) is 25.1 Å². The van der Waals surface area contributed by atoms with Crippen molar-refractivity contribution >= 4 is 11.0 Å². The van der Waals surface area contributed by atoms with Crippen molar-refractivity contribution < 1.29 is 9.15 Å². The maximum absolute atomic E-state index is 11.3. The average molecular weight is 299 g/mol. The van der Waals surface area contributed by atoms with Crippen LogP contribution in [0.15, 0.2) is 39.5 Å². The van der Waals surface area contributed by atoms with Gasteiger partial charge in [0.1, 0.15) is 23.8 Å². The number of fused-ring (bicyclic) bond motifs is 1. The van der Waals surface area contributed by atoms with E-state index in [0.717, 1.165) is 24.2 Å². The lowest BCUT2D eigenvalue weighted by molar-refractivity contribution is 0.295. The van der Waals surface area contributed by atoms with Crippen molar-refractivity contribution in [3.05, 3.63) is 52.4 Å². The van der Waals surface area contributed by atoms with Crippen LogP contribution in [0.3, 0.4) is 0 Å². The SMILES string of the molecule is CCc1nc(COc2ccc3ccc(=O)oc3c2)nn1CC. The van der Waals surface area contributed by atoms with Gasteiger partial charge in [-0.1, -0.05) is 6.92 Å². The molecule has 0 bridgehead atoms. The molecular formula is C16H17N3O3. The summed E-state index contributed by atoms with van der Waals surface area (Å²) >= 11 is 0. The molecule has 0 aliphatic rings. The monoisotopic (exact) mass is 299 g/mol. The molecule has 0 N–H and O–H groups in total. The highest BCUT2D eigenvalue weighted by Crippen LogP contribution is 2.20. The molecule has 6 heteroatoms. The zero-order valence-electron chi connectivity index (χ0n) is 12.6. The quantitative estimate of drug-likeness (QED) is 0.677. The van der Waals surface area contributed by atoms with Gasteiger partial charge in [-0.3, -0.25) is 0 Å². The average Bonchev–Trinajstić information content (AvgIpc) is 2.95. The van der Waals surface area contributed by atoms with Crippen molar-refractivity contribution in [1.82, 2.24) is 14.8 Å². The van der Waals surface area contributed by atoms with Gasteiger partial charge in [-0.2, -0.15) is 5.10 Å². The molecule has 0 atom stereocenters. The van der Waals surface area contributed by atoms with E-state index in [0.29, 0.717) is 17.2 Å². The van der Waals surface area contributed by atoms with E-state index in [9.17, 15) is 4.79 Å². The number of ether oxygens (including phenoxy) is 1. The summed E-state index contributed by atoms with van der Waals surface area (Å²) in [6.07, 6.45) is 0.835. The summed E-state index contributed by atoms with van der Waals surface area (Å²) in [5, 5.41) is 5.25. The van der Waals surface area contributed by atoms with Crippen LogP contribution in [0.4, 0.5) is 0 Å². The fourth-order valence-corrected chi connectivity index (χ4v) is 2.28. The summed E-state index contributed by atoms with van der Waals surface area (Å²) < 4.78 is 12.7. The summed E-state index contributed by atoms with van der Waals surface area (Å²) in [5.74, 6) is 2.21. The molecule has 3 aromatic rings. The fraction of sp³-hybridized carbons (Fsp3) is 0.312. The summed E-state index contributed by atoms with van der Waals surface area (Å²) in [7, 11) is 0. The van der Waals surface area contributed by atoms with Crippen LogP contribution in [0, 0.1) is 0 Å². The predicted molar refractivity (Wildman–Crippen MR) is 81.9 cm³/mol. The zero-order valence-corrected chi connectivity index (χ0v) is 12.6. The number of hydrogen-bond acceptors (Lipinski definition) is 5. The minimum Gasteiger partial charge on any atom is -0.485 e. The maximum atomic E-state index is 11.3. The molecule has 0 saturated heterocycles. The van der Waals surface area contributed by atoms with E-state index >= 15 is 0 Å². The highest BCUT2D eigenvalue weighted by atomic mass is 16.5. The molecule has 22 heavy (non-hydrogen) atoms. The van der Waals surface area contributed by atoms with E-state index in [1.165, 1.54) is 6.07 Å². The third kappa shape index (κ3) is 2.86. The van der Waals surface area contributed by atoms with Crippen molar-refractivity contribution in [2.24, 2.45) is 0 Å². The van der Waals surface area contributed by atoms with E-state index in [1.54, 1.807) is 12.1 Å². The molecule has 0 spiro atoms. The van der Waals surface area contributed by atoms with Crippen LogP contribution in [0.1, 0.15) is 25.5 Å². The minimum atomic E-state index is -0.374. The molecule has 0 aliphatic heterocycles. The van der Waals surface area contributed by atoms with Gasteiger partial charge in [0.25, 0.3) is 0 Å². The molecule has 6 nitrogen and oxygen atoms in total. The summed E-state index contributed by atoms with van der Waals surface area (Å²) in [5.41, 5.74) is 0.131. The van der Waals surface area contributed by atoms with Gasteiger partial charge in [0, 0.05) is 30.5 Å². The van der Waals surface area contributed by atoms with Crippen molar-refractivity contribution in [3.8, 4) is 5.75 Å². The van der Waals surface area contributed by atoms with Crippen LogP contribution in [0.5, 0.6) is 5.75 Å². The molecule has 0 aliphatic carbocycles. The third-order valence-electron chi connectivity index (χ3n) is 3.37. The molecular weight excluding hydrogens is 282 g/mol. The Kier molecular flexibility index (Phi) is 3.91. The topological polar surface area (TPSA) is 70.2 Å². The van der Waals surface area contributed by atoms with Gasteiger partial charge in [0.05, 0.1) is 0 Å². The first-order chi connectivity index (χ1) is 10.7. The van der Waals surface area contributed by atoms with Crippen LogP contribution < -0.4 is 10.4 Å². The maximum Gasteiger partial charge on any atom is 0.336 e. The number of aryl methyl sites for hydroxylation is 2. The molecule has 2 heterocycles. The van der Waals surface area contributed by atoms with E-state index in [2.05, 4.69) is 10.1 Å². The minimum absolute atomic E-state index is 0.280. The second-order valence-corrected chi connectivity index (χ2v) is 4.86. The van der Waals surface area contributed by atoms with Gasteiger partial charge in [0.2, 0.25) is 0 Å². The summed E-state index contributed by atoms with van der Waals surface area (Å²) in [6.45, 7) is 5.15. The van der Waals surface area contributed by atoms with Crippen molar-refractivity contribution in [2.45, 2.75) is 33.4 Å². The van der Waals surface area contributed by atoms with E-state index in [1.807, 2.05) is 30.7 Å². The molecule has 0 unspecified atom stereocenters. The van der Waals surface area contributed by atoms with Crippen molar-refractivity contribution in [1.29, 1.82) is 0 Å². The molecule has 1 aromatic carbocycles. The first kappa shape index (κ1) is 14.3. The van der Waals surface area contributed by atoms with E-state index in [4.69, 9.17) is 9.15 Å². The zero-order chi connectivity index (χ0) is 15.5. The number of hydrogen-bond donors (Lipinski definition) is 0. The normalized spacial score (nSPS) is 11.0. The second-order valence-electron chi connectivity index (χ2n) is 4.86. The van der Waals surface area contributed by atoms with Crippen LogP contribution in [0.25, 0.3) is 11.0 Å². The molecule has 0 amide bonds. The Bertz CT molecular complexity index is 830. The number of nitrogens with zero attached hydrogens (tertiary/aromatic N) is 3. The Balaban J connectivity index is 1.78. The molecule has 0 saturated carbocycles. The molecule has 0 radical (unpaired) electrons. The van der Waals surface area contributed by atoms with Gasteiger partial charge in [0.15, 0.2) is 5.82 Å². The lowest BCUT2D eigenvalue weighted by atomic mass is 10.2. The standard InChI is InChI=1S/C16H17N3O3/c1-3-15-17-14(18-19(15)4-2)10-21-12-7-5-11-6-8-16(20)22-13(11)9-12/h5-9H,3-4,10H2,1-2H3. The number of aromatic nitrogens is 3. The third-order valence-corrected chi connectivity index (χ3v) is 3.37. The Morgan fingerprint density at radius 2 is 2.05 bits per heavy atom.